The molecule has 0 aromatic heterocycles. The van der Waals surface area contributed by atoms with Crippen LogP contribution in [0.3, 0.4) is 0 Å². The monoisotopic (exact) mass is 284 g/mol. The molecule has 104 valence electrons. The number of halogens is 1. The molecule has 0 saturated carbocycles. The van der Waals surface area contributed by atoms with Crippen molar-refractivity contribution in [3.63, 3.8) is 0 Å². The van der Waals surface area contributed by atoms with Gasteiger partial charge in [0.2, 0.25) is 0 Å². The van der Waals surface area contributed by atoms with Crippen molar-refractivity contribution in [3.05, 3.63) is 28.8 Å². The van der Waals surface area contributed by atoms with Crippen LogP contribution in [0.25, 0.3) is 0 Å². The van der Waals surface area contributed by atoms with Gasteiger partial charge < -0.3 is 15.7 Å². The van der Waals surface area contributed by atoms with Crippen LogP contribution in [-0.4, -0.2) is 23.1 Å². The molecule has 0 spiro atoms. The predicted octanol–water partition coefficient (Wildman–Crippen LogP) is 2.88. The van der Waals surface area contributed by atoms with Crippen molar-refractivity contribution in [2.75, 3.05) is 5.32 Å². The summed E-state index contributed by atoms with van der Waals surface area (Å²) in [6, 6.07) is 3.57. The van der Waals surface area contributed by atoms with E-state index < -0.39 is 18.0 Å². The van der Waals surface area contributed by atoms with E-state index in [1.165, 1.54) is 0 Å². The number of anilines is 1. The number of benzene rings is 1. The number of carbonyl (C=O) groups is 2. The number of rotatable bonds is 4. The van der Waals surface area contributed by atoms with Crippen molar-refractivity contribution in [2.45, 2.75) is 26.8 Å². The smallest absolute Gasteiger partial charge is 0.326 e. The fourth-order valence-electron chi connectivity index (χ4n) is 1.58. The molecule has 0 fully saturated rings. The van der Waals surface area contributed by atoms with E-state index in [1.807, 2.05) is 0 Å². The molecule has 0 aliphatic heterocycles. The van der Waals surface area contributed by atoms with Crippen molar-refractivity contribution in [3.8, 4) is 0 Å². The van der Waals surface area contributed by atoms with Crippen LogP contribution in [0, 0.1) is 12.8 Å². The number of hydrogen-bond donors (Lipinski definition) is 3. The molecule has 0 radical (unpaired) electrons. The van der Waals surface area contributed by atoms with Gasteiger partial charge in [-0.25, -0.2) is 9.59 Å². The molecule has 1 rings (SSSR count). The molecule has 1 atom stereocenters. The zero-order chi connectivity index (χ0) is 14.6. The Labute approximate surface area is 117 Å². The molecule has 0 aliphatic carbocycles. The Morgan fingerprint density at radius 3 is 2.42 bits per heavy atom. The number of aryl methyl sites for hydroxylation is 1. The average molecular weight is 285 g/mol. The maximum Gasteiger partial charge on any atom is 0.326 e. The summed E-state index contributed by atoms with van der Waals surface area (Å²) in [5.74, 6) is -1.26. The lowest BCUT2D eigenvalue weighted by molar-refractivity contribution is -0.140. The Morgan fingerprint density at radius 1 is 1.32 bits per heavy atom. The Morgan fingerprint density at radius 2 is 1.95 bits per heavy atom. The predicted molar refractivity (Wildman–Crippen MR) is 74.6 cm³/mol. The van der Waals surface area contributed by atoms with Crippen LogP contribution in [0.5, 0.6) is 0 Å². The first kappa shape index (κ1) is 15.3. The van der Waals surface area contributed by atoms with Crippen LogP contribution >= 0.6 is 11.6 Å². The van der Waals surface area contributed by atoms with Crippen LogP contribution in [0.1, 0.15) is 19.4 Å². The third-order valence-corrected chi connectivity index (χ3v) is 2.89. The van der Waals surface area contributed by atoms with Gasteiger partial charge in [-0.2, -0.15) is 0 Å². The van der Waals surface area contributed by atoms with Gasteiger partial charge in [-0.1, -0.05) is 25.4 Å². The van der Waals surface area contributed by atoms with E-state index in [0.29, 0.717) is 10.7 Å². The van der Waals surface area contributed by atoms with Gasteiger partial charge in [0, 0.05) is 10.7 Å². The Balaban J connectivity index is 2.72. The molecule has 0 bridgehead atoms. The van der Waals surface area contributed by atoms with E-state index in [0.717, 1.165) is 5.56 Å². The van der Waals surface area contributed by atoms with Gasteiger partial charge in [0.25, 0.3) is 0 Å². The van der Waals surface area contributed by atoms with Crippen molar-refractivity contribution in [1.82, 2.24) is 5.32 Å². The first-order valence-electron chi connectivity index (χ1n) is 5.87. The summed E-state index contributed by atoms with van der Waals surface area (Å²) < 4.78 is 0. The topological polar surface area (TPSA) is 78.4 Å². The van der Waals surface area contributed by atoms with Crippen molar-refractivity contribution in [1.29, 1.82) is 0 Å². The van der Waals surface area contributed by atoms with E-state index in [2.05, 4.69) is 10.6 Å². The van der Waals surface area contributed by atoms with Crippen molar-refractivity contribution in [2.24, 2.45) is 5.92 Å². The molecule has 0 heterocycles. The molecule has 6 heteroatoms. The maximum atomic E-state index is 11.8. The summed E-state index contributed by atoms with van der Waals surface area (Å²) in [6.07, 6.45) is 0. The van der Waals surface area contributed by atoms with E-state index in [9.17, 15) is 9.59 Å². The molecular weight excluding hydrogens is 268 g/mol. The number of nitrogens with one attached hydrogen (secondary N) is 2. The minimum Gasteiger partial charge on any atom is -0.480 e. The SMILES string of the molecule is Cc1cc(Cl)ccc1NC(=O)N[C@@H](C(=O)O)C(C)C. The second-order valence-corrected chi connectivity index (χ2v) is 5.05. The van der Waals surface area contributed by atoms with Crippen LogP contribution in [-0.2, 0) is 4.79 Å². The zero-order valence-electron chi connectivity index (χ0n) is 11.0. The Kier molecular flexibility index (Phi) is 5.18. The maximum absolute atomic E-state index is 11.8. The van der Waals surface area contributed by atoms with E-state index >= 15 is 0 Å². The van der Waals surface area contributed by atoms with Gasteiger partial charge >= 0.3 is 12.0 Å². The summed E-state index contributed by atoms with van der Waals surface area (Å²) in [6.45, 7) is 5.26. The van der Waals surface area contributed by atoms with Crippen LogP contribution in [0.4, 0.5) is 10.5 Å². The second kappa shape index (κ2) is 6.43. The Hall–Kier alpha value is -1.75. The lowest BCUT2D eigenvalue weighted by Crippen LogP contribution is -2.46. The normalized spacial score (nSPS) is 12.1. The molecule has 3 N–H and O–H groups in total. The first-order valence-corrected chi connectivity index (χ1v) is 6.25. The molecule has 0 aliphatic rings. The molecular formula is C13H17ClN2O3. The lowest BCUT2D eigenvalue weighted by atomic mass is 10.1. The number of aliphatic carboxylic acids is 1. The number of amides is 2. The van der Waals surface area contributed by atoms with Gasteiger partial charge in [0.1, 0.15) is 6.04 Å². The van der Waals surface area contributed by atoms with Crippen molar-refractivity contribution < 1.29 is 14.7 Å². The number of carboxylic acid groups (broad SMARTS) is 1. The zero-order valence-corrected chi connectivity index (χ0v) is 11.8. The van der Waals surface area contributed by atoms with Gasteiger partial charge in [0.05, 0.1) is 0 Å². The summed E-state index contributed by atoms with van der Waals surface area (Å²) in [5, 5.41) is 14.6. The molecule has 5 nitrogen and oxygen atoms in total. The third kappa shape index (κ3) is 4.44. The minimum absolute atomic E-state index is 0.199. The van der Waals surface area contributed by atoms with Crippen LogP contribution in [0.15, 0.2) is 18.2 Å². The minimum atomic E-state index is -1.06. The fraction of sp³-hybridized carbons (Fsp3) is 0.385. The summed E-state index contributed by atoms with van der Waals surface area (Å²) in [7, 11) is 0. The highest BCUT2D eigenvalue weighted by atomic mass is 35.5. The van der Waals surface area contributed by atoms with Gasteiger partial charge in [-0.15, -0.1) is 0 Å². The molecule has 1 aromatic rings. The Bertz CT molecular complexity index is 489. The number of hydrogen-bond acceptors (Lipinski definition) is 2. The standard InChI is InChI=1S/C13H17ClN2O3/c1-7(2)11(12(17)18)16-13(19)15-10-5-4-9(14)6-8(10)3/h4-7,11H,1-3H3,(H,17,18)(H2,15,16,19)/t11-/m1/s1. The molecule has 19 heavy (non-hydrogen) atoms. The molecule has 1 aromatic carbocycles. The third-order valence-electron chi connectivity index (χ3n) is 2.66. The molecule has 0 saturated heterocycles. The summed E-state index contributed by atoms with van der Waals surface area (Å²) in [5.41, 5.74) is 1.40. The number of carboxylic acids is 1. The van der Waals surface area contributed by atoms with E-state index in [-0.39, 0.29) is 5.92 Å². The van der Waals surface area contributed by atoms with Crippen LogP contribution < -0.4 is 10.6 Å². The molecule has 2 amide bonds. The fourth-order valence-corrected chi connectivity index (χ4v) is 1.81. The van der Waals surface area contributed by atoms with E-state index in [4.69, 9.17) is 16.7 Å². The lowest BCUT2D eigenvalue weighted by Gasteiger charge is -2.18. The first-order chi connectivity index (χ1) is 8.81. The summed E-state index contributed by atoms with van der Waals surface area (Å²) in [4.78, 5) is 22.7. The highest BCUT2D eigenvalue weighted by Gasteiger charge is 2.23. The highest BCUT2D eigenvalue weighted by molar-refractivity contribution is 6.30. The highest BCUT2D eigenvalue weighted by Crippen LogP contribution is 2.19. The number of carbonyl (C=O) groups excluding carboxylic acids is 1. The van der Waals surface area contributed by atoms with Gasteiger partial charge in [-0.3, -0.25) is 0 Å². The summed E-state index contributed by atoms with van der Waals surface area (Å²) >= 11 is 5.81. The van der Waals surface area contributed by atoms with Gasteiger partial charge in [0.15, 0.2) is 0 Å². The van der Waals surface area contributed by atoms with Crippen LogP contribution in [0.2, 0.25) is 5.02 Å². The largest absolute Gasteiger partial charge is 0.480 e. The second-order valence-electron chi connectivity index (χ2n) is 4.62. The number of urea groups is 1. The molecule has 0 unspecified atom stereocenters. The van der Waals surface area contributed by atoms with Crippen molar-refractivity contribution >= 4 is 29.3 Å². The van der Waals surface area contributed by atoms with Gasteiger partial charge in [-0.05, 0) is 36.6 Å². The average Bonchev–Trinajstić information content (AvgIpc) is 2.29. The quantitative estimate of drug-likeness (QED) is 0.795. The van der Waals surface area contributed by atoms with E-state index in [1.54, 1.807) is 39.0 Å².